The van der Waals surface area contributed by atoms with E-state index in [4.69, 9.17) is 4.74 Å². The first-order valence-electron chi connectivity index (χ1n) is 6.93. The molecule has 0 atom stereocenters. The average molecular weight is 315 g/mol. The van der Waals surface area contributed by atoms with Crippen molar-refractivity contribution in [1.29, 1.82) is 0 Å². The minimum absolute atomic E-state index is 0.211. The van der Waals surface area contributed by atoms with Gasteiger partial charge in [0.15, 0.2) is 0 Å². The summed E-state index contributed by atoms with van der Waals surface area (Å²) in [5, 5.41) is 7.86. The number of hydrogen-bond donors (Lipinski definition) is 1. The molecule has 0 bridgehead atoms. The van der Waals surface area contributed by atoms with E-state index >= 15 is 0 Å². The molecule has 0 aliphatic carbocycles. The highest BCUT2D eigenvalue weighted by Crippen LogP contribution is 2.32. The van der Waals surface area contributed by atoms with Crippen LogP contribution in [0.1, 0.15) is 22.7 Å². The Kier molecular flexibility index (Phi) is 4.58. The largest absolute Gasteiger partial charge is 0.494 e. The maximum absolute atomic E-state index is 5.49. The first kappa shape index (κ1) is 14.2. The molecule has 0 spiro atoms. The third kappa shape index (κ3) is 3.46. The van der Waals surface area contributed by atoms with E-state index in [0.29, 0.717) is 6.61 Å². The van der Waals surface area contributed by atoms with Gasteiger partial charge in [0.2, 0.25) is 0 Å². The lowest BCUT2D eigenvalue weighted by Gasteiger charge is -2.18. The quantitative estimate of drug-likeness (QED) is 0.656. The monoisotopic (exact) mass is 315 g/mol. The molecule has 108 valence electrons. The van der Waals surface area contributed by atoms with Crippen molar-refractivity contribution in [2.45, 2.75) is 13.0 Å². The van der Waals surface area contributed by atoms with Crippen molar-refractivity contribution in [3.63, 3.8) is 0 Å². The number of rotatable bonds is 6. The van der Waals surface area contributed by atoms with E-state index in [-0.39, 0.29) is 6.04 Å². The van der Waals surface area contributed by atoms with Crippen LogP contribution < -0.4 is 10.1 Å². The van der Waals surface area contributed by atoms with Crippen LogP contribution in [0.2, 0.25) is 0 Å². The van der Waals surface area contributed by atoms with Crippen LogP contribution in [0.3, 0.4) is 0 Å². The first-order chi connectivity index (χ1) is 10.4. The summed E-state index contributed by atoms with van der Waals surface area (Å²) < 4.78 is 5.49. The molecule has 0 unspecified atom stereocenters. The molecule has 0 aliphatic heterocycles. The van der Waals surface area contributed by atoms with E-state index in [1.807, 2.05) is 19.1 Å². The topological polar surface area (TPSA) is 21.3 Å². The van der Waals surface area contributed by atoms with Gasteiger partial charge in [-0.05, 0) is 54.1 Å². The maximum Gasteiger partial charge on any atom is 0.119 e. The van der Waals surface area contributed by atoms with Gasteiger partial charge in [0.25, 0.3) is 0 Å². The Morgan fingerprint density at radius 1 is 0.952 bits per heavy atom. The number of benzene rings is 1. The van der Waals surface area contributed by atoms with E-state index in [9.17, 15) is 0 Å². The number of ether oxygens (including phenoxy) is 1. The molecular formula is C17H17NOS2. The van der Waals surface area contributed by atoms with Crippen LogP contribution in [0, 0.1) is 0 Å². The highest BCUT2D eigenvalue weighted by Gasteiger charge is 2.16. The van der Waals surface area contributed by atoms with Gasteiger partial charge in [0.1, 0.15) is 5.75 Å². The van der Waals surface area contributed by atoms with E-state index in [1.54, 1.807) is 22.7 Å². The van der Waals surface area contributed by atoms with Crippen LogP contribution in [0.25, 0.3) is 0 Å². The van der Waals surface area contributed by atoms with Gasteiger partial charge >= 0.3 is 0 Å². The van der Waals surface area contributed by atoms with Crippen molar-refractivity contribution in [3.8, 4) is 5.75 Å². The zero-order valence-electron chi connectivity index (χ0n) is 11.8. The second-order valence-electron chi connectivity index (χ2n) is 4.57. The van der Waals surface area contributed by atoms with Crippen molar-refractivity contribution in [2.75, 3.05) is 11.9 Å². The third-order valence-corrected chi connectivity index (χ3v) is 5.01. The molecule has 0 amide bonds. The molecule has 3 aromatic rings. The maximum atomic E-state index is 5.49. The lowest BCUT2D eigenvalue weighted by atomic mass is 10.2. The summed E-state index contributed by atoms with van der Waals surface area (Å²) in [4.78, 5) is 2.65. The van der Waals surface area contributed by atoms with Gasteiger partial charge in [-0.25, -0.2) is 0 Å². The van der Waals surface area contributed by atoms with Crippen molar-refractivity contribution in [1.82, 2.24) is 0 Å². The van der Waals surface area contributed by atoms with Crippen LogP contribution in [0.5, 0.6) is 5.75 Å². The van der Waals surface area contributed by atoms with Crippen LogP contribution in [0.4, 0.5) is 5.69 Å². The summed E-state index contributed by atoms with van der Waals surface area (Å²) >= 11 is 3.56. The van der Waals surface area contributed by atoms with Crippen molar-refractivity contribution in [3.05, 3.63) is 69.0 Å². The zero-order chi connectivity index (χ0) is 14.5. The van der Waals surface area contributed by atoms with Crippen molar-refractivity contribution in [2.24, 2.45) is 0 Å². The van der Waals surface area contributed by atoms with Crippen LogP contribution >= 0.6 is 22.7 Å². The predicted octanol–water partition coefficient (Wildman–Crippen LogP) is 5.41. The normalized spacial score (nSPS) is 10.8. The van der Waals surface area contributed by atoms with E-state index < -0.39 is 0 Å². The molecule has 2 aromatic heterocycles. The molecule has 2 heterocycles. The number of nitrogens with one attached hydrogen (secondary N) is 1. The van der Waals surface area contributed by atoms with Gasteiger partial charge in [-0.3, -0.25) is 0 Å². The standard InChI is InChI=1S/C17H17NOS2/c1-2-19-14-9-7-13(8-10-14)18-17(15-5-3-11-20-15)16-6-4-12-21-16/h3-12,17-18H,2H2,1H3. The lowest BCUT2D eigenvalue weighted by Crippen LogP contribution is -2.09. The molecule has 0 aliphatic rings. The fraction of sp³-hybridized carbons (Fsp3) is 0.176. The van der Waals surface area contributed by atoms with Gasteiger partial charge in [-0.2, -0.15) is 0 Å². The fourth-order valence-corrected chi connectivity index (χ4v) is 3.84. The average Bonchev–Trinajstić information content (AvgIpc) is 3.20. The summed E-state index contributed by atoms with van der Waals surface area (Å²) in [6, 6.07) is 16.9. The van der Waals surface area contributed by atoms with Crippen LogP contribution in [-0.4, -0.2) is 6.61 Å². The van der Waals surface area contributed by atoms with Crippen molar-refractivity contribution < 1.29 is 4.74 Å². The summed E-state index contributed by atoms with van der Waals surface area (Å²) in [5.41, 5.74) is 1.10. The van der Waals surface area contributed by atoms with Gasteiger partial charge in [-0.1, -0.05) is 12.1 Å². The molecule has 0 radical (unpaired) electrons. The minimum Gasteiger partial charge on any atom is -0.494 e. The zero-order valence-corrected chi connectivity index (χ0v) is 13.4. The molecule has 1 aromatic carbocycles. The molecule has 3 rings (SSSR count). The Bertz CT molecular complexity index is 610. The van der Waals surface area contributed by atoms with Crippen LogP contribution in [0.15, 0.2) is 59.3 Å². The molecule has 0 saturated carbocycles. The summed E-state index contributed by atoms with van der Waals surface area (Å²) in [5.74, 6) is 0.909. The SMILES string of the molecule is CCOc1ccc(NC(c2cccs2)c2cccs2)cc1. The number of anilines is 1. The molecule has 21 heavy (non-hydrogen) atoms. The summed E-state index contributed by atoms with van der Waals surface area (Å²) in [6.07, 6.45) is 0. The summed E-state index contributed by atoms with van der Waals surface area (Å²) in [6.45, 7) is 2.69. The van der Waals surface area contributed by atoms with Gasteiger partial charge < -0.3 is 10.1 Å². The van der Waals surface area contributed by atoms with Crippen molar-refractivity contribution >= 4 is 28.4 Å². The summed E-state index contributed by atoms with van der Waals surface area (Å²) in [7, 11) is 0. The highest BCUT2D eigenvalue weighted by atomic mass is 32.1. The Morgan fingerprint density at radius 2 is 1.57 bits per heavy atom. The second kappa shape index (κ2) is 6.78. The molecule has 0 saturated heterocycles. The fourth-order valence-electron chi connectivity index (χ4n) is 2.17. The molecular weight excluding hydrogens is 298 g/mol. The first-order valence-corrected chi connectivity index (χ1v) is 8.69. The second-order valence-corrected chi connectivity index (χ2v) is 6.52. The smallest absolute Gasteiger partial charge is 0.119 e. The predicted molar refractivity (Wildman–Crippen MR) is 91.7 cm³/mol. The molecule has 2 nitrogen and oxygen atoms in total. The Balaban J connectivity index is 1.82. The van der Waals surface area contributed by atoms with Gasteiger partial charge in [0, 0.05) is 15.4 Å². The Hall–Kier alpha value is -1.78. The Labute approximate surface area is 133 Å². The number of thiophene rings is 2. The minimum atomic E-state index is 0.211. The third-order valence-electron chi connectivity index (χ3n) is 3.13. The Morgan fingerprint density at radius 3 is 2.05 bits per heavy atom. The van der Waals surface area contributed by atoms with E-state index in [0.717, 1.165) is 11.4 Å². The van der Waals surface area contributed by atoms with Gasteiger partial charge in [0.05, 0.1) is 12.6 Å². The molecule has 1 N–H and O–H groups in total. The van der Waals surface area contributed by atoms with Crippen LogP contribution in [-0.2, 0) is 0 Å². The van der Waals surface area contributed by atoms with E-state index in [1.165, 1.54) is 9.75 Å². The molecule has 4 heteroatoms. The number of hydrogen-bond acceptors (Lipinski definition) is 4. The van der Waals surface area contributed by atoms with Gasteiger partial charge in [-0.15, -0.1) is 22.7 Å². The van der Waals surface area contributed by atoms with E-state index in [2.05, 4.69) is 52.5 Å². The lowest BCUT2D eigenvalue weighted by molar-refractivity contribution is 0.340. The highest BCUT2D eigenvalue weighted by molar-refractivity contribution is 7.11. The molecule has 0 fully saturated rings.